The fraction of sp³-hybridized carbons (Fsp3) is 0.300. The number of hydrogen-bond acceptors (Lipinski definition) is 5. The molecule has 0 aliphatic carbocycles. The molecule has 15 heavy (non-hydrogen) atoms. The largest absolute Gasteiger partial charge is 0.337 e. The Balaban J connectivity index is 2.37. The SMILES string of the molecule is Cc1cncc(-c2noc(C(C)N)n2)c1. The summed E-state index contributed by atoms with van der Waals surface area (Å²) in [6, 6.07) is 1.70. The highest BCUT2D eigenvalue weighted by Crippen LogP contribution is 2.17. The van der Waals surface area contributed by atoms with E-state index in [1.807, 2.05) is 13.0 Å². The summed E-state index contributed by atoms with van der Waals surface area (Å²) < 4.78 is 5.01. The lowest BCUT2D eigenvalue weighted by Crippen LogP contribution is -2.04. The van der Waals surface area contributed by atoms with Crippen LogP contribution in [-0.4, -0.2) is 15.1 Å². The van der Waals surface area contributed by atoms with Crippen molar-refractivity contribution >= 4 is 0 Å². The number of nitrogens with two attached hydrogens (primary N) is 1. The number of aromatic nitrogens is 3. The van der Waals surface area contributed by atoms with Crippen LogP contribution in [0.1, 0.15) is 24.4 Å². The molecule has 2 aromatic heterocycles. The Morgan fingerprint density at radius 3 is 2.80 bits per heavy atom. The Hall–Kier alpha value is -1.75. The molecular formula is C10H12N4O. The lowest BCUT2D eigenvalue weighted by Gasteiger charge is -1.95. The Bertz CT molecular complexity index is 464. The molecule has 0 saturated heterocycles. The first kappa shape index (κ1) is 9.79. The normalized spacial score (nSPS) is 12.7. The zero-order valence-corrected chi connectivity index (χ0v) is 8.64. The third-order valence-electron chi connectivity index (χ3n) is 1.96. The monoisotopic (exact) mass is 204 g/mol. The van der Waals surface area contributed by atoms with Crippen molar-refractivity contribution in [1.29, 1.82) is 0 Å². The Morgan fingerprint density at radius 1 is 1.40 bits per heavy atom. The molecule has 0 aliphatic heterocycles. The summed E-state index contributed by atoms with van der Waals surface area (Å²) in [7, 11) is 0. The summed E-state index contributed by atoms with van der Waals surface area (Å²) in [5.41, 5.74) is 7.52. The van der Waals surface area contributed by atoms with Gasteiger partial charge in [0.05, 0.1) is 6.04 Å². The van der Waals surface area contributed by atoms with E-state index >= 15 is 0 Å². The van der Waals surface area contributed by atoms with Gasteiger partial charge in [-0.3, -0.25) is 4.98 Å². The van der Waals surface area contributed by atoms with Crippen LogP contribution in [0.5, 0.6) is 0 Å². The molecular weight excluding hydrogens is 192 g/mol. The summed E-state index contributed by atoms with van der Waals surface area (Å²) in [4.78, 5) is 8.24. The van der Waals surface area contributed by atoms with Gasteiger partial charge in [-0.25, -0.2) is 0 Å². The van der Waals surface area contributed by atoms with Crippen LogP contribution in [0.3, 0.4) is 0 Å². The molecule has 5 heteroatoms. The topological polar surface area (TPSA) is 77.8 Å². The van der Waals surface area contributed by atoms with Crippen molar-refractivity contribution in [3.8, 4) is 11.4 Å². The number of nitrogens with zero attached hydrogens (tertiary/aromatic N) is 3. The Labute approximate surface area is 87.3 Å². The number of aryl methyl sites for hydroxylation is 1. The molecule has 2 N–H and O–H groups in total. The van der Waals surface area contributed by atoms with E-state index in [0.717, 1.165) is 11.1 Å². The highest BCUT2D eigenvalue weighted by atomic mass is 16.5. The lowest BCUT2D eigenvalue weighted by molar-refractivity contribution is 0.362. The van der Waals surface area contributed by atoms with E-state index < -0.39 is 0 Å². The van der Waals surface area contributed by atoms with Crippen LogP contribution in [0.4, 0.5) is 0 Å². The van der Waals surface area contributed by atoms with Crippen molar-refractivity contribution in [1.82, 2.24) is 15.1 Å². The first-order chi connectivity index (χ1) is 7.16. The van der Waals surface area contributed by atoms with Crippen LogP contribution in [0.25, 0.3) is 11.4 Å². The van der Waals surface area contributed by atoms with E-state index in [1.54, 1.807) is 19.3 Å². The third-order valence-corrected chi connectivity index (χ3v) is 1.96. The van der Waals surface area contributed by atoms with Crippen LogP contribution in [0.2, 0.25) is 0 Å². The van der Waals surface area contributed by atoms with Gasteiger partial charge < -0.3 is 10.3 Å². The quantitative estimate of drug-likeness (QED) is 0.801. The zero-order valence-electron chi connectivity index (χ0n) is 8.64. The van der Waals surface area contributed by atoms with Gasteiger partial charge in [-0.05, 0) is 25.5 Å². The molecule has 2 aromatic rings. The van der Waals surface area contributed by atoms with Crippen LogP contribution >= 0.6 is 0 Å². The summed E-state index contributed by atoms with van der Waals surface area (Å²) in [5, 5.41) is 3.84. The van der Waals surface area contributed by atoms with Crippen LogP contribution in [0, 0.1) is 6.92 Å². The third kappa shape index (κ3) is 2.02. The minimum absolute atomic E-state index is 0.246. The average molecular weight is 204 g/mol. The maximum Gasteiger partial charge on any atom is 0.243 e. The van der Waals surface area contributed by atoms with Gasteiger partial charge in [0, 0.05) is 18.0 Å². The molecule has 2 rings (SSSR count). The zero-order chi connectivity index (χ0) is 10.8. The van der Waals surface area contributed by atoms with Crippen molar-refractivity contribution in [2.75, 3.05) is 0 Å². The Morgan fingerprint density at radius 2 is 2.20 bits per heavy atom. The van der Waals surface area contributed by atoms with Gasteiger partial charge in [-0.15, -0.1) is 0 Å². The maximum atomic E-state index is 5.62. The van der Waals surface area contributed by atoms with Crippen LogP contribution in [0.15, 0.2) is 23.0 Å². The molecule has 0 amide bonds. The smallest absolute Gasteiger partial charge is 0.243 e. The van der Waals surface area contributed by atoms with Gasteiger partial charge in [-0.2, -0.15) is 4.98 Å². The van der Waals surface area contributed by atoms with Crippen molar-refractivity contribution < 1.29 is 4.52 Å². The summed E-state index contributed by atoms with van der Waals surface area (Å²) in [6.07, 6.45) is 3.47. The predicted octanol–water partition coefficient (Wildman–Crippen LogP) is 1.46. The Kier molecular flexibility index (Phi) is 2.47. The second-order valence-electron chi connectivity index (χ2n) is 3.50. The van der Waals surface area contributed by atoms with E-state index in [9.17, 15) is 0 Å². The summed E-state index contributed by atoms with van der Waals surface area (Å²) in [6.45, 7) is 3.76. The van der Waals surface area contributed by atoms with Crippen molar-refractivity contribution in [2.24, 2.45) is 5.73 Å². The van der Waals surface area contributed by atoms with Crippen LogP contribution < -0.4 is 5.73 Å². The molecule has 0 radical (unpaired) electrons. The highest BCUT2D eigenvalue weighted by molar-refractivity contribution is 5.53. The number of hydrogen-bond donors (Lipinski definition) is 1. The molecule has 0 aromatic carbocycles. The van der Waals surface area contributed by atoms with Gasteiger partial charge in [0.15, 0.2) is 0 Å². The van der Waals surface area contributed by atoms with E-state index in [0.29, 0.717) is 11.7 Å². The standard InChI is InChI=1S/C10H12N4O/c1-6-3-8(5-12-4-6)9-13-10(7(2)11)15-14-9/h3-5,7H,11H2,1-2H3. The van der Waals surface area contributed by atoms with E-state index in [-0.39, 0.29) is 6.04 Å². The molecule has 0 saturated carbocycles. The van der Waals surface area contributed by atoms with Gasteiger partial charge in [-0.1, -0.05) is 5.16 Å². The minimum Gasteiger partial charge on any atom is -0.337 e. The average Bonchev–Trinajstić information content (AvgIpc) is 2.66. The van der Waals surface area contributed by atoms with E-state index in [4.69, 9.17) is 10.3 Å². The molecule has 0 aliphatic rings. The molecule has 0 fully saturated rings. The van der Waals surface area contributed by atoms with Crippen molar-refractivity contribution in [3.05, 3.63) is 29.9 Å². The van der Waals surface area contributed by atoms with Gasteiger partial charge in [0.25, 0.3) is 0 Å². The fourth-order valence-electron chi connectivity index (χ4n) is 1.21. The molecule has 1 unspecified atom stereocenters. The van der Waals surface area contributed by atoms with Crippen LogP contribution in [-0.2, 0) is 0 Å². The molecule has 0 spiro atoms. The first-order valence-electron chi connectivity index (χ1n) is 4.68. The van der Waals surface area contributed by atoms with Gasteiger partial charge in [0.2, 0.25) is 11.7 Å². The number of rotatable bonds is 2. The molecule has 78 valence electrons. The van der Waals surface area contributed by atoms with Crippen molar-refractivity contribution in [2.45, 2.75) is 19.9 Å². The highest BCUT2D eigenvalue weighted by Gasteiger charge is 2.11. The predicted molar refractivity (Wildman–Crippen MR) is 54.9 cm³/mol. The summed E-state index contributed by atoms with van der Waals surface area (Å²) in [5.74, 6) is 0.963. The van der Waals surface area contributed by atoms with E-state index in [1.165, 1.54) is 0 Å². The maximum absolute atomic E-state index is 5.62. The molecule has 1 atom stereocenters. The van der Waals surface area contributed by atoms with E-state index in [2.05, 4.69) is 15.1 Å². The molecule has 0 bridgehead atoms. The molecule has 5 nitrogen and oxygen atoms in total. The fourth-order valence-corrected chi connectivity index (χ4v) is 1.21. The summed E-state index contributed by atoms with van der Waals surface area (Å²) >= 11 is 0. The van der Waals surface area contributed by atoms with Crippen molar-refractivity contribution in [3.63, 3.8) is 0 Å². The molecule has 2 heterocycles. The second-order valence-corrected chi connectivity index (χ2v) is 3.50. The lowest BCUT2D eigenvalue weighted by atomic mass is 10.2. The van der Waals surface area contributed by atoms with Gasteiger partial charge >= 0.3 is 0 Å². The minimum atomic E-state index is -0.246. The number of pyridine rings is 1. The second kappa shape index (κ2) is 3.78. The first-order valence-corrected chi connectivity index (χ1v) is 4.68. The van der Waals surface area contributed by atoms with Gasteiger partial charge in [0.1, 0.15) is 0 Å².